The van der Waals surface area contributed by atoms with Gasteiger partial charge in [0.25, 0.3) is 0 Å². The van der Waals surface area contributed by atoms with E-state index in [0.717, 1.165) is 17.8 Å². The van der Waals surface area contributed by atoms with Crippen LogP contribution in [0, 0.1) is 17.8 Å². The first kappa shape index (κ1) is 12.0. The lowest BCUT2D eigenvalue weighted by Gasteiger charge is -2.38. The van der Waals surface area contributed by atoms with Crippen LogP contribution in [0.1, 0.15) is 53.4 Å². The highest BCUT2D eigenvalue weighted by atomic mass is 14.9. The molecule has 1 nitrogen and oxygen atoms in total. The first-order valence-corrected chi connectivity index (χ1v) is 6.40. The molecule has 1 saturated carbocycles. The van der Waals surface area contributed by atoms with E-state index in [4.69, 9.17) is 0 Å². The summed E-state index contributed by atoms with van der Waals surface area (Å²) in [7, 11) is 0. The van der Waals surface area contributed by atoms with Crippen molar-refractivity contribution in [2.45, 2.75) is 59.4 Å². The Morgan fingerprint density at radius 1 is 1.29 bits per heavy atom. The summed E-state index contributed by atoms with van der Waals surface area (Å²) in [4.78, 5) is 0. The van der Waals surface area contributed by atoms with E-state index < -0.39 is 0 Å². The minimum absolute atomic E-state index is 0.715. The lowest BCUT2D eigenvalue weighted by atomic mass is 9.71. The second-order valence-electron chi connectivity index (χ2n) is 5.17. The molecular weight excluding hydrogens is 170 g/mol. The average Bonchev–Trinajstić information content (AvgIpc) is 2.18. The molecule has 0 heterocycles. The van der Waals surface area contributed by atoms with Crippen molar-refractivity contribution in [3.05, 3.63) is 0 Å². The summed E-state index contributed by atoms with van der Waals surface area (Å²) in [5.41, 5.74) is 0. The van der Waals surface area contributed by atoms with Gasteiger partial charge in [0.15, 0.2) is 0 Å². The Labute approximate surface area is 89.7 Å². The third kappa shape index (κ3) is 2.98. The number of hydrogen-bond donors (Lipinski definition) is 1. The van der Waals surface area contributed by atoms with Crippen LogP contribution in [-0.4, -0.2) is 12.6 Å². The van der Waals surface area contributed by atoms with E-state index in [1.807, 2.05) is 0 Å². The van der Waals surface area contributed by atoms with Gasteiger partial charge in [-0.05, 0) is 44.1 Å². The van der Waals surface area contributed by atoms with Gasteiger partial charge in [-0.1, -0.05) is 33.6 Å². The van der Waals surface area contributed by atoms with Crippen molar-refractivity contribution in [1.29, 1.82) is 0 Å². The van der Waals surface area contributed by atoms with Crippen LogP contribution in [0.5, 0.6) is 0 Å². The minimum Gasteiger partial charge on any atom is -0.314 e. The average molecular weight is 197 g/mol. The Kier molecular flexibility index (Phi) is 4.94. The zero-order valence-electron chi connectivity index (χ0n) is 10.3. The molecule has 1 N–H and O–H groups in total. The van der Waals surface area contributed by atoms with Gasteiger partial charge in [-0.2, -0.15) is 0 Å². The number of rotatable bonds is 4. The SMILES string of the molecule is CCCNC(C)C1CCCC(C)C1C. The first-order valence-electron chi connectivity index (χ1n) is 6.40. The molecule has 0 aromatic heterocycles. The summed E-state index contributed by atoms with van der Waals surface area (Å²) in [6.45, 7) is 10.7. The summed E-state index contributed by atoms with van der Waals surface area (Å²) in [6.07, 6.45) is 5.57. The largest absolute Gasteiger partial charge is 0.314 e. The van der Waals surface area contributed by atoms with E-state index >= 15 is 0 Å². The van der Waals surface area contributed by atoms with Gasteiger partial charge in [0.05, 0.1) is 0 Å². The van der Waals surface area contributed by atoms with Crippen LogP contribution < -0.4 is 5.32 Å². The fourth-order valence-electron chi connectivity index (χ4n) is 2.85. The normalized spacial score (nSPS) is 35.6. The van der Waals surface area contributed by atoms with Crippen LogP contribution >= 0.6 is 0 Å². The molecule has 1 heteroatoms. The van der Waals surface area contributed by atoms with Crippen molar-refractivity contribution in [2.24, 2.45) is 17.8 Å². The van der Waals surface area contributed by atoms with Crippen molar-refractivity contribution in [3.63, 3.8) is 0 Å². The van der Waals surface area contributed by atoms with Crippen LogP contribution in [0.3, 0.4) is 0 Å². The maximum Gasteiger partial charge on any atom is 0.00696 e. The van der Waals surface area contributed by atoms with E-state index in [9.17, 15) is 0 Å². The zero-order valence-corrected chi connectivity index (χ0v) is 10.3. The Morgan fingerprint density at radius 2 is 2.00 bits per heavy atom. The Bertz CT molecular complexity index is 155. The van der Waals surface area contributed by atoms with Crippen LogP contribution in [-0.2, 0) is 0 Å². The fraction of sp³-hybridized carbons (Fsp3) is 1.00. The van der Waals surface area contributed by atoms with Gasteiger partial charge in [-0.15, -0.1) is 0 Å². The molecule has 0 aliphatic heterocycles. The van der Waals surface area contributed by atoms with E-state index in [1.54, 1.807) is 0 Å². The van der Waals surface area contributed by atoms with Crippen molar-refractivity contribution in [2.75, 3.05) is 6.54 Å². The topological polar surface area (TPSA) is 12.0 Å². The third-order valence-electron chi connectivity index (χ3n) is 4.13. The van der Waals surface area contributed by atoms with Gasteiger partial charge in [0.2, 0.25) is 0 Å². The molecule has 84 valence electrons. The van der Waals surface area contributed by atoms with Crippen LogP contribution in [0.4, 0.5) is 0 Å². The molecule has 0 bridgehead atoms. The van der Waals surface area contributed by atoms with Crippen LogP contribution in [0.2, 0.25) is 0 Å². The summed E-state index contributed by atoms with van der Waals surface area (Å²) >= 11 is 0. The molecule has 1 aliphatic rings. The monoisotopic (exact) mass is 197 g/mol. The third-order valence-corrected chi connectivity index (χ3v) is 4.13. The molecular formula is C13H27N. The summed E-state index contributed by atoms with van der Waals surface area (Å²) in [5.74, 6) is 2.74. The molecule has 0 amide bonds. The summed E-state index contributed by atoms with van der Waals surface area (Å²) in [5, 5.41) is 3.65. The maximum atomic E-state index is 3.65. The van der Waals surface area contributed by atoms with Crippen molar-refractivity contribution < 1.29 is 0 Å². The lowest BCUT2D eigenvalue weighted by Crippen LogP contribution is -2.40. The fourth-order valence-corrected chi connectivity index (χ4v) is 2.85. The standard InChI is InChI=1S/C13H27N/c1-5-9-14-12(4)13-8-6-7-10(2)11(13)3/h10-14H,5-9H2,1-4H3. The van der Waals surface area contributed by atoms with Crippen molar-refractivity contribution >= 4 is 0 Å². The lowest BCUT2D eigenvalue weighted by molar-refractivity contribution is 0.147. The van der Waals surface area contributed by atoms with Gasteiger partial charge >= 0.3 is 0 Å². The molecule has 1 rings (SSSR count). The van der Waals surface area contributed by atoms with Gasteiger partial charge < -0.3 is 5.32 Å². The quantitative estimate of drug-likeness (QED) is 0.728. The second-order valence-corrected chi connectivity index (χ2v) is 5.17. The predicted octanol–water partition coefficient (Wildman–Crippen LogP) is 3.45. The Hall–Kier alpha value is -0.0400. The molecule has 1 fully saturated rings. The maximum absolute atomic E-state index is 3.65. The van der Waals surface area contributed by atoms with Gasteiger partial charge in [-0.3, -0.25) is 0 Å². The first-order chi connectivity index (χ1) is 6.66. The molecule has 0 aromatic carbocycles. The zero-order chi connectivity index (χ0) is 10.6. The molecule has 0 spiro atoms. The van der Waals surface area contributed by atoms with Crippen molar-refractivity contribution in [3.8, 4) is 0 Å². The number of nitrogens with one attached hydrogen (secondary N) is 1. The number of hydrogen-bond acceptors (Lipinski definition) is 1. The summed E-state index contributed by atoms with van der Waals surface area (Å²) in [6, 6.07) is 0.715. The molecule has 14 heavy (non-hydrogen) atoms. The molecule has 0 saturated heterocycles. The highest BCUT2D eigenvalue weighted by molar-refractivity contribution is 4.83. The Morgan fingerprint density at radius 3 is 2.64 bits per heavy atom. The van der Waals surface area contributed by atoms with Crippen molar-refractivity contribution in [1.82, 2.24) is 5.32 Å². The second kappa shape index (κ2) is 5.75. The van der Waals surface area contributed by atoms with Gasteiger partial charge in [0.1, 0.15) is 0 Å². The highest BCUT2D eigenvalue weighted by Gasteiger charge is 2.30. The van der Waals surface area contributed by atoms with Gasteiger partial charge in [-0.25, -0.2) is 0 Å². The van der Waals surface area contributed by atoms with Crippen LogP contribution in [0.15, 0.2) is 0 Å². The van der Waals surface area contributed by atoms with E-state index in [-0.39, 0.29) is 0 Å². The molecule has 0 radical (unpaired) electrons. The highest BCUT2D eigenvalue weighted by Crippen LogP contribution is 2.36. The summed E-state index contributed by atoms with van der Waals surface area (Å²) < 4.78 is 0. The predicted molar refractivity (Wildman–Crippen MR) is 63.4 cm³/mol. The van der Waals surface area contributed by atoms with E-state index in [1.165, 1.54) is 32.2 Å². The van der Waals surface area contributed by atoms with Gasteiger partial charge in [0, 0.05) is 6.04 Å². The molecule has 4 atom stereocenters. The molecule has 1 aliphatic carbocycles. The van der Waals surface area contributed by atoms with E-state index in [0.29, 0.717) is 6.04 Å². The van der Waals surface area contributed by atoms with E-state index in [2.05, 4.69) is 33.0 Å². The van der Waals surface area contributed by atoms with Crippen LogP contribution in [0.25, 0.3) is 0 Å². The molecule has 0 aromatic rings. The molecule has 4 unspecified atom stereocenters. The smallest absolute Gasteiger partial charge is 0.00696 e. The minimum atomic E-state index is 0.715. The Balaban J connectivity index is 2.40.